The highest BCUT2D eigenvalue weighted by atomic mass is 32.2. The van der Waals surface area contributed by atoms with Crippen LogP contribution in [0.2, 0.25) is 0 Å². The van der Waals surface area contributed by atoms with Crippen molar-refractivity contribution in [2.75, 3.05) is 18.8 Å². The average molecular weight is 305 g/mol. The highest BCUT2D eigenvalue weighted by Crippen LogP contribution is 2.21. The molecular formula is C13H27N3O3S. The van der Waals surface area contributed by atoms with Crippen molar-refractivity contribution in [2.24, 2.45) is 11.1 Å². The second-order valence-corrected chi connectivity index (χ2v) is 8.51. The van der Waals surface area contributed by atoms with Crippen molar-refractivity contribution in [3.8, 4) is 0 Å². The molecule has 1 rings (SSSR count). The van der Waals surface area contributed by atoms with Crippen molar-refractivity contribution in [1.82, 2.24) is 9.62 Å². The Balaban J connectivity index is 2.53. The minimum atomic E-state index is -3.17. The van der Waals surface area contributed by atoms with Gasteiger partial charge >= 0.3 is 0 Å². The molecule has 0 aromatic carbocycles. The molecule has 1 fully saturated rings. The van der Waals surface area contributed by atoms with E-state index in [2.05, 4.69) is 4.72 Å². The van der Waals surface area contributed by atoms with Crippen LogP contribution in [-0.2, 0) is 14.8 Å². The summed E-state index contributed by atoms with van der Waals surface area (Å²) in [7, 11) is -3.17. The summed E-state index contributed by atoms with van der Waals surface area (Å²) in [5.74, 6) is 0.0374. The summed E-state index contributed by atoms with van der Waals surface area (Å²) in [6.45, 7) is 8.55. The van der Waals surface area contributed by atoms with Crippen LogP contribution in [-0.4, -0.2) is 50.2 Å². The molecular weight excluding hydrogens is 278 g/mol. The molecule has 20 heavy (non-hydrogen) atoms. The van der Waals surface area contributed by atoms with E-state index >= 15 is 0 Å². The molecule has 0 saturated carbocycles. The SMILES string of the molecule is CCS(=O)(=O)NC1CCN(C(=O)C(N)C(C)(C)C)CC1. The molecule has 0 bridgehead atoms. The van der Waals surface area contributed by atoms with Crippen molar-refractivity contribution >= 4 is 15.9 Å². The molecule has 1 aliphatic heterocycles. The van der Waals surface area contributed by atoms with Crippen LogP contribution >= 0.6 is 0 Å². The fourth-order valence-electron chi connectivity index (χ4n) is 2.12. The van der Waals surface area contributed by atoms with E-state index in [9.17, 15) is 13.2 Å². The van der Waals surface area contributed by atoms with Crippen LogP contribution in [0.3, 0.4) is 0 Å². The van der Waals surface area contributed by atoms with Gasteiger partial charge in [-0.3, -0.25) is 4.79 Å². The maximum absolute atomic E-state index is 12.3. The van der Waals surface area contributed by atoms with Crippen LogP contribution in [0.1, 0.15) is 40.5 Å². The molecule has 0 spiro atoms. The van der Waals surface area contributed by atoms with Gasteiger partial charge in [-0.1, -0.05) is 20.8 Å². The topological polar surface area (TPSA) is 92.5 Å². The first-order chi connectivity index (χ1) is 9.07. The van der Waals surface area contributed by atoms with Crippen LogP contribution in [0.25, 0.3) is 0 Å². The zero-order valence-electron chi connectivity index (χ0n) is 12.8. The van der Waals surface area contributed by atoms with Crippen molar-refractivity contribution in [3.63, 3.8) is 0 Å². The molecule has 1 saturated heterocycles. The van der Waals surface area contributed by atoms with Gasteiger partial charge in [0, 0.05) is 19.1 Å². The largest absolute Gasteiger partial charge is 0.341 e. The predicted octanol–water partition coefficient (Wildman–Crippen LogP) is 0.290. The number of likely N-dealkylation sites (tertiary alicyclic amines) is 1. The molecule has 0 radical (unpaired) electrons. The monoisotopic (exact) mass is 305 g/mol. The lowest BCUT2D eigenvalue weighted by Gasteiger charge is -2.36. The molecule has 6 nitrogen and oxygen atoms in total. The highest BCUT2D eigenvalue weighted by Gasteiger charge is 2.33. The minimum Gasteiger partial charge on any atom is -0.341 e. The number of carbonyl (C=O) groups excluding carboxylic acids is 1. The number of piperidine rings is 1. The van der Waals surface area contributed by atoms with Crippen LogP contribution in [0.4, 0.5) is 0 Å². The highest BCUT2D eigenvalue weighted by molar-refractivity contribution is 7.89. The quantitative estimate of drug-likeness (QED) is 0.781. The summed E-state index contributed by atoms with van der Waals surface area (Å²) in [6, 6.07) is -0.596. The Kier molecular flexibility index (Phi) is 5.57. The molecule has 1 atom stereocenters. The van der Waals surface area contributed by atoms with Crippen molar-refractivity contribution in [1.29, 1.82) is 0 Å². The molecule has 1 amide bonds. The number of sulfonamides is 1. The second-order valence-electron chi connectivity index (χ2n) is 6.46. The van der Waals surface area contributed by atoms with E-state index in [1.54, 1.807) is 11.8 Å². The molecule has 0 aromatic heterocycles. The van der Waals surface area contributed by atoms with Crippen LogP contribution in [0.15, 0.2) is 0 Å². The summed E-state index contributed by atoms with van der Waals surface area (Å²) >= 11 is 0. The van der Waals surface area contributed by atoms with E-state index < -0.39 is 16.1 Å². The van der Waals surface area contributed by atoms with Crippen LogP contribution in [0, 0.1) is 5.41 Å². The number of nitrogens with two attached hydrogens (primary N) is 1. The molecule has 7 heteroatoms. The Labute approximate surface area is 122 Å². The molecule has 1 heterocycles. The predicted molar refractivity (Wildman–Crippen MR) is 79.6 cm³/mol. The fourth-order valence-corrected chi connectivity index (χ4v) is 3.03. The van der Waals surface area contributed by atoms with E-state index in [4.69, 9.17) is 5.73 Å². The van der Waals surface area contributed by atoms with Crippen molar-refractivity contribution in [2.45, 2.75) is 52.6 Å². The Morgan fingerprint density at radius 3 is 2.25 bits per heavy atom. The molecule has 1 unspecified atom stereocenters. The van der Waals surface area contributed by atoms with Gasteiger partial charge in [0.25, 0.3) is 0 Å². The van der Waals surface area contributed by atoms with Gasteiger partial charge in [0.1, 0.15) is 0 Å². The molecule has 118 valence electrons. The molecule has 3 N–H and O–H groups in total. The van der Waals surface area contributed by atoms with Crippen molar-refractivity contribution < 1.29 is 13.2 Å². The van der Waals surface area contributed by atoms with Gasteiger partial charge in [0.05, 0.1) is 11.8 Å². The third kappa shape index (κ3) is 4.71. The minimum absolute atomic E-state index is 0.0469. The van der Waals surface area contributed by atoms with Gasteiger partial charge in [0.15, 0.2) is 0 Å². The van der Waals surface area contributed by atoms with Gasteiger partial charge < -0.3 is 10.6 Å². The summed E-state index contributed by atoms with van der Waals surface area (Å²) < 4.78 is 25.7. The molecule has 0 aromatic rings. The number of rotatable bonds is 4. The van der Waals surface area contributed by atoms with Crippen molar-refractivity contribution in [3.05, 3.63) is 0 Å². The lowest BCUT2D eigenvalue weighted by atomic mass is 9.86. The normalized spacial score (nSPS) is 19.9. The number of carbonyl (C=O) groups is 1. The third-order valence-electron chi connectivity index (χ3n) is 3.73. The first kappa shape index (κ1) is 17.4. The van der Waals surface area contributed by atoms with Crippen LogP contribution in [0.5, 0.6) is 0 Å². The Morgan fingerprint density at radius 1 is 1.35 bits per heavy atom. The van der Waals surface area contributed by atoms with Gasteiger partial charge in [-0.05, 0) is 25.2 Å². The fraction of sp³-hybridized carbons (Fsp3) is 0.923. The second kappa shape index (κ2) is 6.41. The number of hydrogen-bond acceptors (Lipinski definition) is 4. The Hall–Kier alpha value is -0.660. The smallest absolute Gasteiger partial charge is 0.240 e. The van der Waals surface area contributed by atoms with Gasteiger partial charge in [-0.2, -0.15) is 0 Å². The maximum Gasteiger partial charge on any atom is 0.240 e. The third-order valence-corrected chi connectivity index (χ3v) is 5.18. The van der Waals surface area contributed by atoms with Crippen LogP contribution < -0.4 is 10.5 Å². The zero-order chi connectivity index (χ0) is 15.6. The van der Waals surface area contributed by atoms with Gasteiger partial charge in [-0.15, -0.1) is 0 Å². The van der Waals surface area contributed by atoms with E-state index in [1.807, 2.05) is 20.8 Å². The van der Waals surface area contributed by atoms with E-state index in [0.717, 1.165) is 0 Å². The summed E-state index contributed by atoms with van der Waals surface area (Å²) in [5.41, 5.74) is 5.71. The molecule has 0 aliphatic carbocycles. The number of hydrogen-bond donors (Lipinski definition) is 2. The Bertz CT molecular complexity index is 434. The standard InChI is InChI=1S/C13H27N3O3S/c1-5-20(18,19)15-10-6-8-16(9-7-10)12(17)11(14)13(2,3)4/h10-11,15H,5-9,14H2,1-4H3. The summed E-state index contributed by atoms with van der Waals surface area (Å²) in [5, 5.41) is 0. The Morgan fingerprint density at radius 2 is 1.85 bits per heavy atom. The number of nitrogens with one attached hydrogen (secondary N) is 1. The lowest BCUT2D eigenvalue weighted by Crippen LogP contribution is -2.54. The average Bonchev–Trinajstić information content (AvgIpc) is 2.36. The zero-order valence-corrected chi connectivity index (χ0v) is 13.7. The first-order valence-corrected chi connectivity index (χ1v) is 8.76. The first-order valence-electron chi connectivity index (χ1n) is 7.11. The summed E-state index contributed by atoms with van der Waals surface area (Å²) in [4.78, 5) is 14.0. The van der Waals surface area contributed by atoms with E-state index in [-0.39, 0.29) is 23.1 Å². The van der Waals surface area contributed by atoms with Gasteiger partial charge in [0.2, 0.25) is 15.9 Å². The molecule has 1 aliphatic rings. The summed E-state index contributed by atoms with van der Waals surface area (Å²) in [6.07, 6.45) is 1.28. The van der Waals surface area contributed by atoms with E-state index in [0.29, 0.717) is 25.9 Å². The lowest BCUT2D eigenvalue weighted by molar-refractivity contribution is -0.136. The maximum atomic E-state index is 12.3. The van der Waals surface area contributed by atoms with Gasteiger partial charge in [-0.25, -0.2) is 13.1 Å². The number of nitrogens with zero attached hydrogens (tertiary/aromatic N) is 1. The number of amides is 1. The van der Waals surface area contributed by atoms with E-state index in [1.165, 1.54) is 0 Å².